The van der Waals surface area contributed by atoms with Crippen molar-refractivity contribution in [3.63, 3.8) is 0 Å². The number of halogens is 1. The Kier molecular flexibility index (Phi) is 2.85. The number of aromatic nitrogens is 2. The fraction of sp³-hybridized carbons (Fsp3) is 0.588. The van der Waals surface area contributed by atoms with Gasteiger partial charge in [0.25, 0.3) is 0 Å². The average Bonchev–Trinajstić information content (AvgIpc) is 3.30. The van der Waals surface area contributed by atoms with Gasteiger partial charge in [-0.2, -0.15) is 0 Å². The van der Waals surface area contributed by atoms with E-state index in [1.54, 1.807) is 0 Å². The highest BCUT2D eigenvalue weighted by Gasteiger charge is 2.54. The van der Waals surface area contributed by atoms with Gasteiger partial charge in [0.2, 0.25) is 0 Å². The van der Waals surface area contributed by atoms with Crippen molar-refractivity contribution in [3.8, 4) is 0 Å². The molecule has 1 heterocycles. The third-order valence-corrected chi connectivity index (χ3v) is 5.30. The summed E-state index contributed by atoms with van der Waals surface area (Å²) < 4.78 is 2.46. The van der Waals surface area contributed by atoms with Gasteiger partial charge >= 0.3 is 0 Å². The number of imidazole rings is 1. The smallest absolute Gasteiger partial charge is 0.111 e. The minimum atomic E-state index is 0.597. The normalized spacial score (nSPS) is 20.5. The molecular formula is C17H21ClN2. The third-order valence-electron chi connectivity index (χ3n) is 5.11. The van der Waals surface area contributed by atoms with E-state index in [-0.39, 0.29) is 0 Å². The molecule has 3 heteroatoms. The van der Waals surface area contributed by atoms with Gasteiger partial charge in [0.1, 0.15) is 5.82 Å². The van der Waals surface area contributed by atoms with Crippen molar-refractivity contribution >= 4 is 22.6 Å². The van der Waals surface area contributed by atoms with Gasteiger partial charge in [-0.1, -0.05) is 6.07 Å². The highest BCUT2D eigenvalue weighted by atomic mass is 35.5. The van der Waals surface area contributed by atoms with Crippen molar-refractivity contribution in [2.45, 2.75) is 45.6 Å². The second-order valence-corrected chi connectivity index (χ2v) is 7.06. The second-order valence-electron chi connectivity index (χ2n) is 6.68. The van der Waals surface area contributed by atoms with Gasteiger partial charge in [0.05, 0.1) is 11.0 Å². The molecule has 4 rings (SSSR count). The van der Waals surface area contributed by atoms with E-state index in [2.05, 4.69) is 29.7 Å². The Morgan fingerprint density at radius 1 is 1.35 bits per heavy atom. The summed E-state index contributed by atoms with van der Waals surface area (Å²) in [6.45, 7) is 3.29. The summed E-state index contributed by atoms with van der Waals surface area (Å²) >= 11 is 5.98. The molecular weight excluding hydrogens is 268 g/mol. The molecule has 106 valence electrons. The third kappa shape index (κ3) is 2.05. The van der Waals surface area contributed by atoms with E-state index in [9.17, 15) is 0 Å². The Balaban J connectivity index is 1.76. The Morgan fingerprint density at radius 3 is 2.80 bits per heavy atom. The maximum absolute atomic E-state index is 5.98. The fourth-order valence-corrected chi connectivity index (χ4v) is 3.78. The molecule has 2 saturated carbocycles. The van der Waals surface area contributed by atoms with Crippen LogP contribution in [0.4, 0.5) is 0 Å². The first-order valence-corrected chi connectivity index (χ1v) is 8.27. The van der Waals surface area contributed by atoms with Crippen LogP contribution in [0.15, 0.2) is 18.2 Å². The molecule has 0 aliphatic heterocycles. The average molecular weight is 289 g/mol. The maximum Gasteiger partial charge on any atom is 0.111 e. The van der Waals surface area contributed by atoms with Gasteiger partial charge in [-0.3, -0.25) is 0 Å². The summed E-state index contributed by atoms with van der Waals surface area (Å²) in [4.78, 5) is 4.83. The molecule has 2 aliphatic rings. The number of benzene rings is 1. The van der Waals surface area contributed by atoms with Gasteiger partial charge in [-0.05, 0) is 61.6 Å². The van der Waals surface area contributed by atoms with Crippen molar-refractivity contribution in [3.05, 3.63) is 29.6 Å². The second kappa shape index (κ2) is 4.49. The monoisotopic (exact) mass is 288 g/mol. The van der Waals surface area contributed by atoms with Crippen molar-refractivity contribution in [2.24, 2.45) is 11.3 Å². The highest BCUT2D eigenvalue weighted by Crippen LogP contribution is 2.62. The molecule has 0 bridgehead atoms. The largest absolute Gasteiger partial charge is 0.327 e. The first-order valence-electron chi connectivity index (χ1n) is 7.74. The van der Waals surface area contributed by atoms with Crippen molar-refractivity contribution < 1.29 is 0 Å². The van der Waals surface area contributed by atoms with Crippen LogP contribution in [0, 0.1) is 18.3 Å². The fourth-order valence-electron chi connectivity index (χ4n) is 3.61. The van der Waals surface area contributed by atoms with Crippen LogP contribution in [0.3, 0.4) is 0 Å². The topological polar surface area (TPSA) is 17.8 Å². The molecule has 0 unspecified atom stereocenters. The summed E-state index contributed by atoms with van der Waals surface area (Å²) in [5.41, 5.74) is 4.31. The Labute approximate surface area is 125 Å². The molecule has 0 N–H and O–H groups in total. The van der Waals surface area contributed by atoms with Crippen LogP contribution in [-0.4, -0.2) is 15.4 Å². The van der Waals surface area contributed by atoms with Crippen molar-refractivity contribution in [1.29, 1.82) is 0 Å². The van der Waals surface area contributed by atoms with Crippen LogP contribution in [-0.2, 0) is 13.0 Å². The number of alkyl halides is 1. The summed E-state index contributed by atoms with van der Waals surface area (Å²) in [7, 11) is 0. The van der Waals surface area contributed by atoms with Gasteiger partial charge < -0.3 is 4.57 Å². The van der Waals surface area contributed by atoms with Crippen molar-refractivity contribution in [2.75, 3.05) is 5.88 Å². The SMILES string of the molecule is Cc1ccc2c(c1)nc(CCCl)n2CC1(C2CC2)CC1. The number of aryl methyl sites for hydroxylation is 2. The minimum Gasteiger partial charge on any atom is -0.327 e. The van der Waals surface area contributed by atoms with Gasteiger partial charge in [0.15, 0.2) is 0 Å². The molecule has 0 amide bonds. The lowest BCUT2D eigenvalue weighted by atomic mass is 10.0. The molecule has 2 aliphatic carbocycles. The van der Waals surface area contributed by atoms with E-state index in [0.717, 1.165) is 24.4 Å². The number of nitrogens with zero attached hydrogens (tertiary/aromatic N) is 2. The molecule has 0 saturated heterocycles. The lowest BCUT2D eigenvalue weighted by Gasteiger charge is -2.17. The molecule has 0 radical (unpaired) electrons. The predicted molar refractivity (Wildman–Crippen MR) is 83.3 cm³/mol. The molecule has 20 heavy (non-hydrogen) atoms. The van der Waals surface area contributed by atoms with Crippen LogP contribution in [0.2, 0.25) is 0 Å². The molecule has 0 atom stereocenters. The summed E-state index contributed by atoms with van der Waals surface area (Å²) in [5, 5.41) is 0. The lowest BCUT2D eigenvalue weighted by molar-refractivity contribution is 0.369. The molecule has 1 aromatic heterocycles. The quantitative estimate of drug-likeness (QED) is 0.750. The first kappa shape index (κ1) is 12.7. The number of hydrogen-bond donors (Lipinski definition) is 0. The van der Waals surface area contributed by atoms with E-state index in [1.807, 2.05) is 0 Å². The van der Waals surface area contributed by atoms with Crippen LogP contribution >= 0.6 is 11.6 Å². The first-order chi connectivity index (χ1) is 9.72. The van der Waals surface area contributed by atoms with E-state index in [0.29, 0.717) is 11.3 Å². The molecule has 2 nitrogen and oxygen atoms in total. The van der Waals surface area contributed by atoms with Crippen LogP contribution in [0.25, 0.3) is 11.0 Å². The van der Waals surface area contributed by atoms with Crippen LogP contribution in [0.5, 0.6) is 0 Å². The Hall–Kier alpha value is -1.02. The highest BCUT2D eigenvalue weighted by molar-refractivity contribution is 6.17. The minimum absolute atomic E-state index is 0.597. The van der Waals surface area contributed by atoms with Crippen molar-refractivity contribution in [1.82, 2.24) is 9.55 Å². The van der Waals surface area contributed by atoms with Gasteiger partial charge in [-0.25, -0.2) is 4.98 Å². The van der Waals surface area contributed by atoms with Crippen LogP contribution in [0.1, 0.15) is 37.1 Å². The maximum atomic E-state index is 5.98. The number of hydrogen-bond acceptors (Lipinski definition) is 1. The zero-order chi connectivity index (χ0) is 13.7. The molecule has 0 spiro atoms. The van der Waals surface area contributed by atoms with Gasteiger partial charge in [0, 0.05) is 18.8 Å². The Morgan fingerprint density at radius 2 is 2.15 bits per heavy atom. The zero-order valence-electron chi connectivity index (χ0n) is 12.0. The summed E-state index contributed by atoms with van der Waals surface area (Å²) in [6, 6.07) is 6.63. The lowest BCUT2D eigenvalue weighted by Crippen LogP contribution is -2.16. The molecule has 1 aromatic carbocycles. The summed E-state index contributed by atoms with van der Waals surface area (Å²) in [6.07, 6.45) is 6.57. The number of rotatable bonds is 5. The zero-order valence-corrected chi connectivity index (χ0v) is 12.8. The summed E-state index contributed by atoms with van der Waals surface area (Å²) in [5.74, 6) is 2.81. The standard InChI is InChI=1S/C17H21ClN2/c1-12-2-5-15-14(10-12)19-16(6-9-18)20(15)11-17(7-8-17)13-3-4-13/h2,5,10,13H,3-4,6-9,11H2,1H3. The number of fused-ring (bicyclic) bond motifs is 1. The molecule has 2 aromatic rings. The van der Waals surface area contributed by atoms with E-state index in [1.165, 1.54) is 42.6 Å². The molecule has 2 fully saturated rings. The Bertz CT molecular complexity index is 650. The van der Waals surface area contributed by atoms with Crippen LogP contribution < -0.4 is 0 Å². The predicted octanol–water partition coefficient (Wildman–Crippen LogP) is 4.32. The van der Waals surface area contributed by atoms with E-state index in [4.69, 9.17) is 16.6 Å². The van der Waals surface area contributed by atoms with Gasteiger partial charge in [-0.15, -0.1) is 11.6 Å². The van der Waals surface area contributed by atoms with E-state index >= 15 is 0 Å². The van der Waals surface area contributed by atoms with E-state index < -0.39 is 0 Å².